The van der Waals surface area contributed by atoms with E-state index in [2.05, 4.69) is 28.2 Å². The van der Waals surface area contributed by atoms with Crippen LogP contribution < -0.4 is 10.1 Å². The van der Waals surface area contributed by atoms with E-state index >= 15 is 0 Å². The topological polar surface area (TPSA) is 58.6 Å². The number of ether oxygens (including phenoxy) is 1. The van der Waals surface area contributed by atoms with Crippen LogP contribution in [0.5, 0.6) is 5.75 Å². The number of nitrogens with one attached hydrogen (secondary N) is 1. The van der Waals surface area contributed by atoms with E-state index in [1.54, 1.807) is 11.0 Å². The van der Waals surface area contributed by atoms with Crippen molar-refractivity contribution >= 4 is 39.3 Å². The van der Waals surface area contributed by atoms with Gasteiger partial charge >= 0.3 is 0 Å². The minimum Gasteiger partial charge on any atom is -0.483 e. The van der Waals surface area contributed by atoms with Gasteiger partial charge in [-0.1, -0.05) is 67.1 Å². The third-order valence-corrected chi connectivity index (χ3v) is 6.55. The Balaban J connectivity index is 1.91. The van der Waals surface area contributed by atoms with Gasteiger partial charge in [0.15, 0.2) is 6.61 Å². The normalized spacial score (nSPS) is 11.7. The SMILES string of the molecule is CCc1ccc(OCC(=O)N(Cc2cccc(Cl)c2)[C@@H](Cc2ccccc2)C(=O)NC(C)C)c(Br)c1. The molecule has 1 N–H and O–H groups in total. The molecule has 0 saturated carbocycles. The average Bonchev–Trinajstić information content (AvgIpc) is 2.85. The Labute approximate surface area is 226 Å². The lowest BCUT2D eigenvalue weighted by Gasteiger charge is -2.32. The molecule has 0 saturated heterocycles. The van der Waals surface area contributed by atoms with Crippen molar-refractivity contribution in [2.24, 2.45) is 0 Å². The number of amides is 2. The van der Waals surface area contributed by atoms with Gasteiger partial charge in [0.05, 0.1) is 4.47 Å². The maximum Gasteiger partial charge on any atom is 0.261 e. The van der Waals surface area contributed by atoms with Crippen molar-refractivity contribution in [3.63, 3.8) is 0 Å². The number of nitrogens with zero attached hydrogens (tertiary/aromatic N) is 1. The van der Waals surface area contributed by atoms with Gasteiger partial charge in [0.1, 0.15) is 11.8 Å². The van der Waals surface area contributed by atoms with Crippen molar-refractivity contribution in [2.45, 2.75) is 52.2 Å². The number of carbonyl (C=O) groups excluding carboxylic acids is 2. The van der Waals surface area contributed by atoms with Gasteiger partial charge in [-0.15, -0.1) is 0 Å². The van der Waals surface area contributed by atoms with E-state index in [1.165, 1.54) is 0 Å². The molecule has 0 aliphatic heterocycles. The standard InChI is InChI=1S/C29H32BrClN2O3/c1-4-21-13-14-27(25(30)16-21)36-19-28(34)33(18-23-11-8-12-24(31)15-23)26(29(35)32-20(2)3)17-22-9-6-5-7-10-22/h5-16,20,26H,4,17-19H2,1-3H3,(H,32,35)/t26-/m0/s1. The molecule has 3 aromatic rings. The lowest BCUT2D eigenvalue weighted by atomic mass is 10.0. The first-order chi connectivity index (χ1) is 17.3. The molecule has 1 atom stereocenters. The molecule has 0 aliphatic carbocycles. The number of hydrogen-bond donors (Lipinski definition) is 1. The molecular formula is C29H32BrClN2O3. The summed E-state index contributed by atoms with van der Waals surface area (Å²) in [5, 5.41) is 3.56. The number of rotatable bonds is 11. The molecular weight excluding hydrogens is 540 g/mol. The van der Waals surface area contributed by atoms with Crippen LogP contribution in [0.2, 0.25) is 5.02 Å². The van der Waals surface area contributed by atoms with E-state index < -0.39 is 6.04 Å². The van der Waals surface area contributed by atoms with Gasteiger partial charge in [0.2, 0.25) is 5.91 Å². The van der Waals surface area contributed by atoms with Crippen molar-refractivity contribution in [3.05, 3.63) is 99.0 Å². The highest BCUT2D eigenvalue weighted by atomic mass is 79.9. The Kier molecular flexibility index (Phi) is 10.4. The van der Waals surface area contributed by atoms with Crippen molar-refractivity contribution in [3.8, 4) is 5.75 Å². The first-order valence-electron chi connectivity index (χ1n) is 12.1. The molecule has 3 rings (SSSR count). The Hall–Kier alpha value is -2.83. The Morgan fingerprint density at radius 3 is 2.33 bits per heavy atom. The van der Waals surface area contributed by atoms with Crippen LogP contribution in [0.3, 0.4) is 0 Å². The molecule has 36 heavy (non-hydrogen) atoms. The lowest BCUT2D eigenvalue weighted by molar-refractivity contribution is -0.143. The highest BCUT2D eigenvalue weighted by molar-refractivity contribution is 9.10. The highest BCUT2D eigenvalue weighted by Crippen LogP contribution is 2.26. The molecule has 3 aromatic carbocycles. The average molecular weight is 572 g/mol. The second kappa shape index (κ2) is 13.5. The summed E-state index contributed by atoms with van der Waals surface area (Å²) in [6, 6.07) is 22.0. The van der Waals surface area contributed by atoms with Crippen molar-refractivity contribution in [1.82, 2.24) is 10.2 Å². The van der Waals surface area contributed by atoms with Gasteiger partial charge in [-0.05, 0) is 77.2 Å². The van der Waals surface area contributed by atoms with Crippen molar-refractivity contribution < 1.29 is 14.3 Å². The molecule has 0 radical (unpaired) electrons. The zero-order valence-corrected chi connectivity index (χ0v) is 23.2. The van der Waals surface area contributed by atoms with E-state index in [4.69, 9.17) is 16.3 Å². The summed E-state index contributed by atoms with van der Waals surface area (Å²) in [4.78, 5) is 28.6. The van der Waals surface area contributed by atoms with Crippen LogP contribution in [-0.2, 0) is 29.0 Å². The summed E-state index contributed by atoms with van der Waals surface area (Å²) >= 11 is 9.75. The van der Waals surface area contributed by atoms with Crippen LogP contribution in [0.1, 0.15) is 37.5 Å². The number of hydrogen-bond acceptors (Lipinski definition) is 3. The largest absolute Gasteiger partial charge is 0.483 e. The molecule has 0 unspecified atom stereocenters. The number of carbonyl (C=O) groups is 2. The summed E-state index contributed by atoms with van der Waals surface area (Å²) < 4.78 is 6.69. The van der Waals surface area contributed by atoms with Crippen LogP contribution in [0.4, 0.5) is 0 Å². The third kappa shape index (κ3) is 8.10. The molecule has 0 bridgehead atoms. The summed E-state index contributed by atoms with van der Waals surface area (Å²) in [6.07, 6.45) is 1.28. The van der Waals surface area contributed by atoms with Gasteiger partial charge in [0, 0.05) is 24.0 Å². The van der Waals surface area contributed by atoms with Crippen LogP contribution in [0.25, 0.3) is 0 Å². The van der Waals surface area contributed by atoms with Gasteiger partial charge in [-0.25, -0.2) is 0 Å². The maximum atomic E-state index is 13.6. The second-order valence-electron chi connectivity index (χ2n) is 8.93. The molecule has 5 nitrogen and oxygen atoms in total. The molecule has 2 amide bonds. The minimum atomic E-state index is -0.726. The number of benzene rings is 3. The minimum absolute atomic E-state index is 0.0665. The fourth-order valence-corrected chi connectivity index (χ4v) is 4.62. The van der Waals surface area contributed by atoms with Crippen LogP contribution >= 0.6 is 27.5 Å². The highest BCUT2D eigenvalue weighted by Gasteiger charge is 2.31. The van der Waals surface area contributed by atoms with Gasteiger partial charge in [0.25, 0.3) is 5.91 Å². The van der Waals surface area contributed by atoms with E-state index in [-0.39, 0.29) is 31.0 Å². The smallest absolute Gasteiger partial charge is 0.261 e. The fraction of sp³-hybridized carbons (Fsp3) is 0.310. The predicted molar refractivity (Wildman–Crippen MR) is 148 cm³/mol. The van der Waals surface area contributed by atoms with Crippen molar-refractivity contribution in [2.75, 3.05) is 6.61 Å². The predicted octanol–water partition coefficient (Wildman–Crippen LogP) is 6.21. The van der Waals surface area contributed by atoms with Crippen LogP contribution in [0, 0.1) is 0 Å². The fourth-order valence-electron chi connectivity index (χ4n) is 3.87. The molecule has 0 aromatic heterocycles. The molecule has 0 spiro atoms. The molecule has 0 heterocycles. The van der Waals surface area contributed by atoms with E-state index in [0.29, 0.717) is 17.2 Å². The third-order valence-electron chi connectivity index (χ3n) is 5.70. The molecule has 7 heteroatoms. The lowest BCUT2D eigenvalue weighted by Crippen LogP contribution is -2.52. The Morgan fingerprint density at radius 1 is 0.972 bits per heavy atom. The maximum absolute atomic E-state index is 13.6. The summed E-state index contributed by atoms with van der Waals surface area (Å²) in [6.45, 7) is 5.91. The van der Waals surface area contributed by atoms with Crippen LogP contribution in [-0.4, -0.2) is 35.4 Å². The monoisotopic (exact) mass is 570 g/mol. The number of aryl methyl sites for hydroxylation is 1. The van der Waals surface area contributed by atoms with Gasteiger partial charge in [-0.2, -0.15) is 0 Å². The molecule has 190 valence electrons. The van der Waals surface area contributed by atoms with Gasteiger partial charge < -0.3 is 15.0 Å². The zero-order chi connectivity index (χ0) is 26.1. The van der Waals surface area contributed by atoms with Crippen molar-refractivity contribution in [1.29, 1.82) is 0 Å². The first kappa shape index (κ1) is 27.8. The quantitative estimate of drug-likeness (QED) is 0.298. The zero-order valence-electron chi connectivity index (χ0n) is 20.8. The second-order valence-corrected chi connectivity index (χ2v) is 10.2. The summed E-state index contributed by atoms with van der Waals surface area (Å²) in [5.74, 6) is 0.0773. The number of halogens is 2. The van der Waals surface area contributed by atoms with E-state index in [9.17, 15) is 9.59 Å². The van der Waals surface area contributed by atoms with E-state index in [1.807, 2.05) is 80.6 Å². The summed E-state index contributed by atoms with van der Waals surface area (Å²) in [5.41, 5.74) is 2.96. The Morgan fingerprint density at radius 2 is 1.69 bits per heavy atom. The van der Waals surface area contributed by atoms with Crippen LogP contribution in [0.15, 0.2) is 77.3 Å². The van der Waals surface area contributed by atoms with E-state index in [0.717, 1.165) is 27.6 Å². The molecule has 0 fully saturated rings. The van der Waals surface area contributed by atoms with Gasteiger partial charge in [-0.3, -0.25) is 9.59 Å². The molecule has 0 aliphatic rings. The summed E-state index contributed by atoms with van der Waals surface area (Å²) in [7, 11) is 0. The first-order valence-corrected chi connectivity index (χ1v) is 13.2. The Bertz CT molecular complexity index is 1170.